The molecule has 0 aromatic carbocycles. The summed E-state index contributed by atoms with van der Waals surface area (Å²) in [6, 6.07) is 0. The third-order valence-electron chi connectivity index (χ3n) is 13.0. The summed E-state index contributed by atoms with van der Waals surface area (Å²) in [5.41, 5.74) is 0. The summed E-state index contributed by atoms with van der Waals surface area (Å²) >= 11 is 0. The van der Waals surface area contributed by atoms with Crippen LogP contribution < -0.4 is 0 Å². The maximum atomic E-state index is 12.9. The van der Waals surface area contributed by atoms with Crippen LogP contribution in [0.3, 0.4) is 0 Å². The van der Waals surface area contributed by atoms with Crippen molar-refractivity contribution in [1.82, 2.24) is 0 Å². The molecule has 0 aliphatic carbocycles. The van der Waals surface area contributed by atoms with Gasteiger partial charge in [-0.1, -0.05) is 271 Å². The van der Waals surface area contributed by atoms with E-state index in [1.165, 1.54) is 103 Å². The van der Waals surface area contributed by atoms with Crippen LogP contribution in [-0.4, -0.2) is 37.2 Å². The standard InChI is InChI=1S/C68H114O6/c1-4-7-10-13-16-19-22-25-28-30-32-34-36-38-40-43-46-49-52-55-58-61-67(70)73-64-65(63-72-66(69)60-57-54-51-48-45-42-27-24-21-18-15-12-9-6-3)74-68(71)62-59-56-53-50-47-44-41-39-37-35-33-31-29-26-23-20-17-14-11-8-5-2/h7-8,10-11,16-17,19-20,25-26,28-29,32-35,38,40,65H,4-6,9,12-15,18,21-24,27,30-31,36-37,39,41-64H2,1-3H3/b10-7-,11-8-,19-16-,20-17-,28-25-,29-26-,34-32-,35-33-,40-38-. The van der Waals surface area contributed by atoms with Gasteiger partial charge in [0.15, 0.2) is 6.10 Å². The lowest BCUT2D eigenvalue weighted by molar-refractivity contribution is -0.167. The average molecular weight is 1030 g/mol. The first-order chi connectivity index (χ1) is 36.5. The molecule has 0 saturated carbocycles. The molecule has 0 aromatic heterocycles. The van der Waals surface area contributed by atoms with Crippen molar-refractivity contribution in [3.8, 4) is 0 Å². The van der Waals surface area contributed by atoms with E-state index in [4.69, 9.17) is 14.2 Å². The van der Waals surface area contributed by atoms with Gasteiger partial charge in [0, 0.05) is 19.3 Å². The van der Waals surface area contributed by atoms with Crippen molar-refractivity contribution in [2.75, 3.05) is 13.2 Å². The van der Waals surface area contributed by atoms with Gasteiger partial charge in [-0.2, -0.15) is 0 Å². The second-order valence-electron chi connectivity index (χ2n) is 20.2. The number of carbonyl (C=O) groups excluding carboxylic acids is 3. The van der Waals surface area contributed by atoms with Crippen molar-refractivity contribution in [2.24, 2.45) is 0 Å². The molecular formula is C68H114O6. The largest absolute Gasteiger partial charge is 0.462 e. The van der Waals surface area contributed by atoms with Crippen LogP contribution in [0.4, 0.5) is 0 Å². The molecule has 0 fully saturated rings. The summed E-state index contributed by atoms with van der Waals surface area (Å²) in [5.74, 6) is -0.907. The monoisotopic (exact) mass is 1030 g/mol. The molecule has 0 N–H and O–H groups in total. The van der Waals surface area contributed by atoms with E-state index in [2.05, 4.69) is 130 Å². The predicted molar refractivity (Wildman–Crippen MR) is 320 cm³/mol. The third kappa shape index (κ3) is 59.0. The highest BCUT2D eigenvalue weighted by atomic mass is 16.6. The molecule has 0 saturated heterocycles. The van der Waals surface area contributed by atoms with Crippen molar-refractivity contribution < 1.29 is 28.6 Å². The maximum Gasteiger partial charge on any atom is 0.306 e. The number of rotatable bonds is 55. The molecule has 0 radical (unpaired) electrons. The predicted octanol–water partition coefficient (Wildman–Crippen LogP) is 21.0. The van der Waals surface area contributed by atoms with Gasteiger partial charge in [0.25, 0.3) is 0 Å². The first kappa shape index (κ1) is 70.1. The minimum atomic E-state index is -0.792. The van der Waals surface area contributed by atoms with Crippen molar-refractivity contribution in [3.63, 3.8) is 0 Å². The van der Waals surface area contributed by atoms with E-state index in [9.17, 15) is 14.4 Å². The van der Waals surface area contributed by atoms with Crippen molar-refractivity contribution in [1.29, 1.82) is 0 Å². The van der Waals surface area contributed by atoms with Crippen LogP contribution in [-0.2, 0) is 28.6 Å². The first-order valence-corrected chi connectivity index (χ1v) is 30.9. The lowest BCUT2D eigenvalue weighted by Gasteiger charge is -2.18. The van der Waals surface area contributed by atoms with Crippen molar-refractivity contribution in [2.45, 2.75) is 290 Å². The summed E-state index contributed by atoms with van der Waals surface area (Å²) < 4.78 is 16.9. The molecule has 422 valence electrons. The number of hydrogen-bond donors (Lipinski definition) is 0. The van der Waals surface area contributed by atoms with Gasteiger partial charge in [-0.3, -0.25) is 14.4 Å². The Labute approximate surface area is 457 Å². The highest BCUT2D eigenvalue weighted by Crippen LogP contribution is 2.16. The van der Waals surface area contributed by atoms with E-state index in [1.54, 1.807) is 0 Å². The van der Waals surface area contributed by atoms with Gasteiger partial charge in [0.1, 0.15) is 13.2 Å². The van der Waals surface area contributed by atoms with Gasteiger partial charge in [-0.15, -0.1) is 0 Å². The fourth-order valence-corrected chi connectivity index (χ4v) is 8.46. The Balaban J connectivity index is 4.42. The normalized spacial score (nSPS) is 12.9. The Morgan fingerprint density at radius 1 is 0.284 bits per heavy atom. The van der Waals surface area contributed by atoms with Crippen LogP contribution >= 0.6 is 0 Å². The Hall–Kier alpha value is -3.93. The molecule has 0 bridgehead atoms. The minimum absolute atomic E-state index is 0.0867. The molecule has 0 aliphatic rings. The molecule has 0 aliphatic heterocycles. The van der Waals surface area contributed by atoms with Crippen LogP contribution in [0.15, 0.2) is 109 Å². The van der Waals surface area contributed by atoms with Gasteiger partial charge in [-0.25, -0.2) is 0 Å². The fraction of sp³-hybridized carbons (Fsp3) is 0.691. The van der Waals surface area contributed by atoms with Crippen LogP contribution in [0.2, 0.25) is 0 Å². The Morgan fingerprint density at radius 2 is 0.527 bits per heavy atom. The van der Waals surface area contributed by atoms with Gasteiger partial charge in [0.2, 0.25) is 0 Å². The second kappa shape index (κ2) is 61.6. The van der Waals surface area contributed by atoms with Crippen LogP contribution in [0.1, 0.15) is 284 Å². The third-order valence-corrected chi connectivity index (χ3v) is 13.0. The van der Waals surface area contributed by atoms with E-state index < -0.39 is 6.10 Å². The van der Waals surface area contributed by atoms with Crippen LogP contribution in [0, 0.1) is 0 Å². The quantitative estimate of drug-likeness (QED) is 0.0261. The smallest absolute Gasteiger partial charge is 0.306 e. The average Bonchev–Trinajstić information content (AvgIpc) is 3.40. The first-order valence-electron chi connectivity index (χ1n) is 30.9. The minimum Gasteiger partial charge on any atom is -0.462 e. The summed E-state index contributed by atoms with van der Waals surface area (Å²) in [6.45, 7) is 6.41. The zero-order valence-electron chi connectivity index (χ0n) is 48.3. The number of hydrogen-bond acceptors (Lipinski definition) is 6. The maximum absolute atomic E-state index is 12.9. The van der Waals surface area contributed by atoms with Crippen molar-refractivity contribution >= 4 is 17.9 Å². The molecule has 0 rings (SSSR count). The number of esters is 3. The molecule has 0 spiro atoms. The van der Waals surface area contributed by atoms with E-state index in [1.807, 2.05) is 0 Å². The highest BCUT2D eigenvalue weighted by Gasteiger charge is 2.19. The highest BCUT2D eigenvalue weighted by molar-refractivity contribution is 5.71. The number of allylic oxidation sites excluding steroid dienone is 18. The zero-order chi connectivity index (χ0) is 53.6. The Bertz CT molecular complexity index is 1510. The SMILES string of the molecule is CC/C=C\C/C=C\C/C=C\C/C=C\C/C=C\CCCCCCCC(=O)OCC(COC(=O)CCCCCCCCCCCCCCCC)OC(=O)CCCCCCCCCC/C=C\C/C=C\C/C=C\C/C=C\CC. The van der Waals surface area contributed by atoms with Gasteiger partial charge in [-0.05, 0) is 103 Å². The van der Waals surface area contributed by atoms with Crippen molar-refractivity contribution in [3.05, 3.63) is 109 Å². The lowest BCUT2D eigenvalue weighted by atomic mass is 10.0. The molecule has 0 aromatic rings. The molecule has 0 amide bonds. The molecule has 6 nitrogen and oxygen atoms in total. The van der Waals surface area contributed by atoms with Crippen LogP contribution in [0.25, 0.3) is 0 Å². The summed E-state index contributed by atoms with van der Waals surface area (Å²) in [4.78, 5) is 38.3. The number of carbonyl (C=O) groups is 3. The number of unbranched alkanes of at least 4 members (excludes halogenated alkanes) is 26. The summed E-state index contributed by atoms with van der Waals surface area (Å²) in [7, 11) is 0. The molecule has 1 atom stereocenters. The topological polar surface area (TPSA) is 78.9 Å². The Kier molecular flexibility index (Phi) is 58.3. The van der Waals surface area contributed by atoms with E-state index in [-0.39, 0.29) is 31.1 Å². The van der Waals surface area contributed by atoms with E-state index in [0.29, 0.717) is 19.3 Å². The number of ether oxygens (including phenoxy) is 3. The molecular weight excluding hydrogens is 913 g/mol. The zero-order valence-corrected chi connectivity index (χ0v) is 48.3. The van der Waals surface area contributed by atoms with Gasteiger partial charge >= 0.3 is 17.9 Å². The van der Waals surface area contributed by atoms with E-state index in [0.717, 1.165) is 141 Å². The molecule has 0 heterocycles. The molecule has 1 unspecified atom stereocenters. The van der Waals surface area contributed by atoms with Gasteiger partial charge < -0.3 is 14.2 Å². The van der Waals surface area contributed by atoms with Gasteiger partial charge in [0.05, 0.1) is 0 Å². The Morgan fingerprint density at radius 3 is 0.824 bits per heavy atom. The summed E-state index contributed by atoms with van der Waals surface area (Å²) in [6.07, 6.45) is 83.6. The van der Waals surface area contributed by atoms with E-state index >= 15 is 0 Å². The fourth-order valence-electron chi connectivity index (χ4n) is 8.46. The lowest BCUT2D eigenvalue weighted by Crippen LogP contribution is -2.30. The molecule has 74 heavy (non-hydrogen) atoms. The van der Waals surface area contributed by atoms with Crippen LogP contribution in [0.5, 0.6) is 0 Å². The summed E-state index contributed by atoms with van der Waals surface area (Å²) in [5, 5.41) is 0. The molecule has 6 heteroatoms. The second-order valence-corrected chi connectivity index (χ2v) is 20.2.